The molecule has 0 saturated carbocycles. The van der Waals surface area contributed by atoms with Crippen LogP contribution < -0.4 is 5.32 Å². The van der Waals surface area contributed by atoms with E-state index in [4.69, 9.17) is 4.74 Å². The topological polar surface area (TPSA) is 78.8 Å². The van der Waals surface area contributed by atoms with Crippen LogP contribution in [0.15, 0.2) is 60.7 Å². The van der Waals surface area contributed by atoms with Gasteiger partial charge in [-0.2, -0.15) is 0 Å². The summed E-state index contributed by atoms with van der Waals surface area (Å²) in [7, 11) is 0. The van der Waals surface area contributed by atoms with Crippen molar-refractivity contribution in [2.24, 2.45) is 0 Å². The molecule has 3 aromatic carbocycles. The molecular formula is C31H38FNO4. The smallest absolute Gasteiger partial charge is 0.335 e. The first-order valence-corrected chi connectivity index (χ1v) is 12.8. The van der Waals surface area contributed by atoms with E-state index < -0.39 is 12.1 Å². The molecule has 0 aliphatic heterocycles. The maximum Gasteiger partial charge on any atom is 0.335 e. The van der Waals surface area contributed by atoms with Gasteiger partial charge in [0, 0.05) is 12.1 Å². The number of rotatable bonds is 13. The number of carbonyl (C=O) groups is 1. The van der Waals surface area contributed by atoms with E-state index in [2.05, 4.69) is 5.32 Å². The number of hydrogen-bond donors (Lipinski definition) is 3. The Bertz CT molecular complexity index is 1190. The number of halogens is 1. The Balaban J connectivity index is 1.53. The van der Waals surface area contributed by atoms with Crippen LogP contribution in [-0.4, -0.2) is 47.6 Å². The number of carboxylic acid groups (broad SMARTS) is 1. The number of aromatic carboxylic acids is 1. The molecule has 0 heterocycles. The number of aliphatic hydroxyl groups is 1. The third kappa shape index (κ3) is 7.96. The lowest BCUT2D eigenvalue weighted by molar-refractivity contribution is 0.0348. The zero-order chi connectivity index (χ0) is 27.0. The van der Waals surface area contributed by atoms with Crippen LogP contribution in [0.2, 0.25) is 0 Å². The number of carboxylic acids is 1. The van der Waals surface area contributed by atoms with Crippen molar-refractivity contribution < 1.29 is 24.1 Å². The first-order valence-electron chi connectivity index (χ1n) is 12.8. The maximum atomic E-state index is 14.1. The Kier molecular flexibility index (Phi) is 9.98. The van der Waals surface area contributed by atoms with E-state index >= 15 is 0 Å². The van der Waals surface area contributed by atoms with Gasteiger partial charge in [-0.3, -0.25) is 0 Å². The van der Waals surface area contributed by atoms with Gasteiger partial charge in [-0.15, -0.1) is 0 Å². The minimum atomic E-state index is -0.951. The molecule has 0 bridgehead atoms. The van der Waals surface area contributed by atoms with Gasteiger partial charge < -0.3 is 20.3 Å². The van der Waals surface area contributed by atoms with E-state index in [0.717, 1.165) is 27.8 Å². The third-order valence-electron chi connectivity index (χ3n) is 6.68. The number of hydrogen-bond acceptors (Lipinski definition) is 4. The summed E-state index contributed by atoms with van der Waals surface area (Å²) in [5, 5.41) is 23.4. The average Bonchev–Trinajstić information content (AvgIpc) is 2.86. The Morgan fingerprint density at radius 1 is 1.11 bits per heavy atom. The Hall–Kier alpha value is -3.06. The van der Waals surface area contributed by atoms with Gasteiger partial charge in [0.2, 0.25) is 0 Å². The Morgan fingerprint density at radius 3 is 2.49 bits per heavy atom. The van der Waals surface area contributed by atoms with E-state index in [-0.39, 0.29) is 23.5 Å². The highest BCUT2D eigenvalue weighted by atomic mass is 19.1. The van der Waals surface area contributed by atoms with Crippen LogP contribution in [-0.2, 0) is 24.0 Å². The predicted molar refractivity (Wildman–Crippen MR) is 146 cm³/mol. The molecule has 198 valence electrons. The van der Waals surface area contributed by atoms with Gasteiger partial charge in [0.15, 0.2) is 0 Å². The molecule has 0 saturated heterocycles. The number of β-amino-alcohol motifs (C(OH)–C–C–N with tert-alkyl or cyclic N) is 1. The van der Waals surface area contributed by atoms with Gasteiger partial charge in [-0.25, -0.2) is 9.18 Å². The summed E-state index contributed by atoms with van der Waals surface area (Å²) in [5.41, 5.74) is 5.23. The fourth-order valence-electron chi connectivity index (χ4n) is 4.61. The maximum absolute atomic E-state index is 14.1. The van der Waals surface area contributed by atoms with Gasteiger partial charge in [0.1, 0.15) is 5.82 Å². The molecule has 6 heteroatoms. The van der Waals surface area contributed by atoms with Crippen LogP contribution in [0.5, 0.6) is 0 Å². The van der Waals surface area contributed by atoms with Crippen molar-refractivity contribution in [2.45, 2.75) is 58.6 Å². The third-order valence-corrected chi connectivity index (χ3v) is 6.68. The molecule has 3 rings (SSSR count). The van der Waals surface area contributed by atoms with E-state index in [1.807, 2.05) is 76.2 Å². The van der Waals surface area contributed by atoms with Gasteiger partial charge >= 0.3 is 5.97 Å². The van der Waals surface area contributed by atoms with Crippen molar-refractivity contribution >= 4 is 5.97 Å². The lowest BCUT2D eigenvalue weighted by Gasteiger charge is -2.28. The van der Waals surface area contributed by atoms with Crippen molar-refractivity contribution in [1.29, 1.82) is 0 Å². The second kappa shape index (κ2) is 13.0. The number of nitrogens with one attached hydrogen (secondary N) is 1. The van der Waals surface area contributed by atoms with Crippen LogP contribution in [0.25, 0.3) is 11.1 Å². The van der Waals surface area contributed by atoms with Crippen molar-refractivity contribution in [3.63, 3.8) is 0 Å². The number of benzene rings is 3. The van der Waals surface area contributed by atoms with Crippen LogP contribution in [0.1, 0.15) is 53.4 Å². The Morgan fingerprint density at radius 2 is 1.84 bits per heavy atom. The molecule has 0 aliphatic carbocycles. The normalized spacial score (nSPS) is 12.5. The summed E-state index contributed by atoms with van der Waals surface area (Å²) in [6.07, 6.45) is 1.11. The van der Waals surface area contributed by atoms with Crippen LogP contribution in [0.3, 0.4) is 0 Å². The highest BCUT2D eigenvalue weighted by molar-refractivity contribution is 5.91. The summed E-state index contributed by atoms with van der Waals surface area (Å²) in [4.78, 5) is 11.7. The Labute approximate surface area is 219 Å². The van der Waals surface area contributed by atoms with Crippen molar-refractivity contribution in [2.75, 3.05) is 19.8 Å². The first-order chi connectivity index (χ1) is 17.6. The minimum Gasteiger partial charge on any atom is -0.478 e. The molecule has 0 unspecified atom stereocenters. The summed E-state index contributed by atoms with van der Waals surface area (Å²) in [6, 6.07) is 18.7. The van der Waals surface area contributed by atoms with E-state index in [0.29, 0.717) is 38.0 Å². The lowest BCUT2D eigenvalue weighted by Crippen LogP contribution is -2.46. The molecule has 0 aliphatic rings. The van der Waals surface area contributed by atoms with E-state index in [1.165, 1.54) is 0 Å². The van der Waals surface area contributed by atoms with Crippen LogP contribution in [0, 0.1) is 12.7 Å². The quantitative estimate of drug-likeness (QED) is 0.263. The van der Waals surface area contributed by atoms with Crippen LogP contribution in [0.4, 0.5) is 4.39 Å². The van der Waals surface area contributed by atoms with Crippen molar-refractivity contribution in [3.8, 4) is 11.1 Å². The lowest BCUT2D eigenvalue weighted by atomic mass is 9.91. The van der Waals surface area contributed by atoms with Gasteiger partial charge in [-0.1, -0.05) is 55.5 Å². The average molecular weight is 508 g/mol. The van der Waals surface area contributed by atoms with E-state index in [1.54, 1.807) is 12.1 Å². The zero-order valence-electron chi connectivity index (χ0n) is 22.2. The van der Waals surface area contributed by atoms with Gasteiger partial charge in [-0.05, 0) is 85.5 Å². The molecule has 3 N–H and O–H groups in total. The fraction of sp³-hybridized carbons (Fsp3) is 0.387. The molecule has 0 radical (unpaired) electrons. The first kappa shape index (κ1) is 28.5. The number of aliphatic hydroxyl groups excluding tert-OH is 1. The molecular weight excluding hydrogens is 469 g/mol. The molecule has 1 atom stereocenters. The zero-order valence-corrected chi connectivity index (χ0v) is 22.2. The molecule has 5 nitrogen and oxygen atoms in total. The summed E-state index contributed by atoms with van der Waals surface area (Å²) in [5.74, 6) is -1.13. The molecule has 0 aromatic heterocycles. The number of aryl methyl sites for hydroxylation is 1. The highest BCUT2D eigenvalue weighted by Gasteiger charge is 2.20. The summed E-state index contributed by atoms with van der Waals surface area (Å²) < 4.78 is 19.9. The highest BCUT2D eigenvalue weighted by Crippen LogP contribution is 2.29. The predicted octanol–water partition coefficient (Wildman–Crippen LogP) is 5.59. The number of ether oxygens (including phenoxy) is 1. The SMILES string of the molecule is CCc1ccc(CC(C)(C)NC[C@@H](O)COCCc2c(-c3ccccc3)ccc(C(=O)O)c2C)cc1F. The van der Waals surface area contributed by atoms with Crippen LogP contribution >= 0.6 is 0 Å². The summed E-state index contributed by atoms with van der Waals surface area (Å²) in [6.45, 7) is 8.65. The standard InChI is InChI=1S/C31H38FNO4/c1-5-23-12-11-22(17-29(23)32)18-31(3,4)33-19-25(34)20-37-16-15-26-21(2)27(30(35)36)13-14-28(26)24-9-7-6-8-10-24/h6-14,17,25,33-34H,5,15-16,18-20H2,1-4H3,(H,35,36)/t25-/m1/s1. The minimum absolute atomic E-state index is 0.154. The fourth-order valence-corrected chi connectivity index (χ4v) is 4.61. The van der Waals surface area contributed by atoms with Gasteiger partial charge in [0.25, 0.3) is 0 Å². The molecule has 37 heavy (non-hydrogen) atoms. The van der Waals surface area contributed by atoms with Gasteiger partial charge in [0.05, 0.1) is 24.9 Å². The second-order valence-electron chi connectivity index (χ2n) is 10.1. The molecule has 0 spiro atoms. The largest absolute Gasteiger partial charge is 0.478 e. The molecule has 3 aromatic rings. The van der Waals surface area contributed by atoms with Crippen molar-refractivity contribution in [3.05, 3.63) is 94.3 Å². The van der Waals surface area contributed by atoms with E-state index in [9.17, 15) is 19.4 Å². The molecule has 0 amide bonds. The van der Waals surface area contributed by atoms with Crippen molar-refractivity contribution in [1.82, 2.24) is 5.32 Å². The summed E-state index contributed by atoms with van der Waals surface area (Å²) >= 11 is 0. The monoisotopic (exact) mass is 507 g/mol. The molecule has 0 fully saturated rings. The second-order valence-corrected chi connectivity index (χ2v) is 10.1.